The summed E-state index contributed by atoms with van der Waals surface area (Å²) in [5, 5.41) is 1.90. The van der Waals surface area contributed by atoms with Gasteiger partial charge in [0.2, 0.25) is 0 Å². The minimum Gasteiger partial charge on any atom is -0.399 e. The number of nitrogens with two attached hydrogens (primary N) is 1. The highest BCUT2D eigenvalue weighted by Crippen LogP contribution is 2.28. The topological polar surface area (TPSA) is 38.9 Å². The highest BCUT2D eigenvalue weighted by Gasteiger charge is 2.02. The lowest BCUT2D eigenvalue weighted by Gasteiger charge is -2.03. The molecular weight excluding hydrogens is 259 g/mol. The number of nitrogens with zero attached hydrogens (tertiary/aromatic N) is 1. The van der Waals surface area contributed by atoms with Gasteiger partial charge in [0.05, 0.1) is 5.52 Å². The van der Waals surface area contributed by atoms with Gasteiger partial charge in [-0.1, -0.05) is 17.8 Å². The molecule has 0 saturated heterocycles. The Bertz CT molecular complexity index is 726. The Labute approximate surface area is 114 Å². The number of pyridine rings is 1. The molecule has 2 nitrogen and oxygen atoms in total. The maximum Gasteiger partial charge on any atom is 0.123 e. The van der Waals surface area contributed by atoms with Gasteiger partial charge in [-0.25, -0.2) is 9.37 Å². The summed E-state index contributed by atoms with van der Waals surface area (Å²) < 4.78 is 12.8. The van der Waals surface area contributed by atoms with Crippen LogP contribution in [0.15, 0.2) is 64.5 Å². The van der Waals surface area contributed by atoms with Gasteiger partial charge in [0.25, 0.3) is 0 Å². The number of rotatable bonds is 2. The molecule has 1 heterocycles. The summed E-state index contributed by atoms with van der Waals surface area (Å²) in [7, 11) is 0. The molecule has 1 aromatic heterocycles. The van der Waals surface area contributed by atoms with Crippen LogP contribution in [0, 0.1) is 5.82 Å². The van der Waals surface area contributed by atoms with Gasteiger partial charge in [-0.2, -0.15) is 0 Å². The molecule has 0 radical (unpaired) electrons. The van der Waals surface area contributed by atoms with Crippen molar-refractivity contribution in [1.82, 2.24) is 4.98 Å². The summed E-state index contributed by atoms with van der Waals surface area (Å²) in [4.78, 5) is 5.51. The number of fused-ring (bicyclic) bond motifs is 1. The second-order valence-corrected chi connectivity index (χ2v) is 5.25. The van der Waals surface area contributed by atoms with E-state index in [-0.39, 0.29) is 5.82 Å². The van der Waals surface area contributed by atoms with Crippen molar-refractivity contribution in [2.75, 3.05) is 5.73 Å². The standard InChI is InChI=1S/C15H11FN2S/c16-11-2-5-13(6-3-11)19-15-8-1-10-9-12(17)4-7-14(10)18-15/h1-9H,17H2. The van der Waals surface area contributed by atoms with E-state index < -0.39 is 0 Å². The molecule has 0 fully saturated rings. The lowest BCUT2D eigenvalue weighted by atomic mass is 10.2. The van der Waals surface area contributed by atoms with Crippen LogP contribution >= 0.6 is 11.8 Å². The monoisotopic (exact) mass is 270 g/mol. The maximum atomic E-state index is 12.8. The van der Waals surface area contributed by atoms with E-state index in [2.05, 4.69) is 4.98 Å². The van der Waals surface area contributed by atoms with Crippen molar-refractivity contribution in [3.05, 3.63) is 60.4 Å². The minimum absolute atomic E-state index is 0.230. The van der Waals surface area contributed by atoms with Crippen molar-refractivity contribution in [2.24, 2.45) is 0 Å². The predicted molar refractivity (Wildman–Crippen MR) is 76.7 cm³/mol. The van der Waals surface area contributed by atoms with E-state index in [1.54, 1.807) is 12.1 Å². The van der Waals surface area contributed by atoms with Gasteiger partial charge in [-0.15, -0.1) is 0 Å². The SMILES string of the molecule is Nc1ccc2nc(Sc3ccc(F)cc3)ccc2c1. The van der Waals surface area contributed by atoms with Gasteiger partial charge in [0, 0.05) is 16.0 Å². The first-order valence-corrected chi connectivity index (χ1v) is 6.62. The number of nitrogen functional groups attached to an aromatic ring is 1. The zero-order valence-electron chi connectivity index (χ0n) is 10.0. The lowest BCUT2D eigenvalue weighted by Crippen LogP contribution is -1.87. The Morgan fingerprint density at radius 3 is 2.53 bits per heavy atom. The smallest absolute Gasteiger partial charge is 0.123 e. The van der Waals surface area contributed by atoms with Gasteiger partial charge in [-0.05, 0) is 48.5 Å². The van der Waals surface area contributed by atoms with Crippen LogP contribution in [0.2, 0.25) is 0 Å². The summed E-state index contributed by atoms with van der Waals surface area (Å²) in [6.45, 7) is 0. The highest BCUT2D eigenvalue weighted by molar-refractivity contribution is 7.99. The van der Waals surface area contributed by atoms with Gasteiger partial charge in [0.1, 0.15) is 10.8 Å². The number of benzene rings is 2. The first-order chi connectivity index (χ1) is 9.20. The van der Waals surface area contributed by atoms with Gasteiger partial charge in [0.15, 0.2) is 0 Å². The van der Waals surface area contributed by atoms with Crippen LogP contribution in [0.3, 0.4) is 0 Å². The molecule has 19 heavy (non-hydrogen) atoms. The molecule has 0 aliphatic rings. The second-order valence-electron chi connectivity index (χ2n) is 4.16. The van der Waals surface area contributed by atoms with Gasteiger partial charge < -0.3 is 5.73 Å². The number of anilines is 1. The van der Waals surface area contributed by atoms with Crippen LogP contribution in [0.4, 0.5) is 10.1 Å². The summed E-state index contributed by atoms with van der Waals surface area (Å²) in [6, 6.07) is 16.0. The zero-order chi connectivity index (χ0) is 13.2. The van der Waals surface area contributed by atoms with E-state index in [0.29, 0.717) is 0 Å². The molecule has 0 amide bonds. The van der Waals surface area contributed by atoms with Gasteiger partial charge in [-0.3, -0.25) is 0 Å². The van der Waals surface area contributed by atoms with E-state index in [1.807, 2.05) is 30.3 Å². The lowest BCUT2D eigenvalue weighted by molar-refractivity contribution is 0.626. The largest absolute Gasteiger partial charge is 0.399 e. The molecule has 0 aliphatic carbocycles. The number of hydrogen-bond donors (Lipinski definition) is 1. The Morgan fingerprint density at radius 1 is 0.947 bits per heavy atom. The van der Waals surface area contributed by atoms with E-state index in [4.69, 9.17) is 5.73 Å². The summed E-state index contributed by atoms with van der Waals surface area (Å²) in [5.74, 6) is -0.230. The van der Waals surface area contributed by atoms with Crippen molar-refractivity contribution >= 4 is 28.4 Å². The predicted octanol–water partition coefficient (Wildman–Crippen LogP) is 4.11. The molecule has 2 N–H and O–H groups in total. The number of aromatic nitrogens is 1. The Hall–Kier alpha value is -2.07. The fraction of sp³-hybridized carbons (Fsp3) is 0. The van der Waals surface area contributed by atoms with Crippen molar-refractivity contribution in [2.45, 2.75) is 9.92 Å². The number of halogens is 1. The maximum absolute atomic E-state index is 12.8. The van der Waals surface area contributed by atoms with Crippen LogP contribution in [-0.4, -0.2) is 4.98 Å². The summed E-state index contributed by atoms with van der Waals surface area (Å²) >= 11 is 1.51. The van der Waals surface area contributed by atoms with Crippen molar-refractivity contribution in [3.8, 4) is 0 Å². The molecule has 0 bridgehead atoms. The summed E-state index contributed by atoms with van der Waals surface area (Å²) in [6.07, 6.45) is 0. The number of hydrogen-bond acceptors (Lipinski definition) is 3. The molecule has 0 saturated carbocycles. The van der Waals surface area contributed by atoms with E-state index in [0.717, 1.165) is 26.5 Å². The van der Waals surface area contributed by atoms with Crippen molar-refractivity contribution in [1.29, 1.82) is 0 Å². The average molecular weight is 270 g/mol. The highest BCUT2D eigenvalue weighted by atomic mass is 32.2. The van der Waals surface area contributed by atoms with E-state index >= 15 is 0 Å². The van der Waals surface area contributed by atoms with Crippen molar-refractivity contribution in [3.63, 3.8) is 0 Å². The Morgan fingerprint density at radius 2 is 1.74 bits per heavy atom. The molecule has 0 unspecified atom stereocenters. The zero-order valence-corrected chi connectivity index (χ0v) is 10.8. The first kappa shape index (κ1) is 12.0. The quantitative estimate of drug-likeness (QED) is 0.712. The molecule has 0 spiro atoms. The molecule has 0 aliphatic heterocycles. The molecule has 0 atom stereocenters. The molecule has 4 heteroatoms. The molecule has 3 rings (SSSR count). The third-order valence-corrected chi connectivity index (χ3v) is 3.67. The van der Waals surface area contributed by atoms with Crippen LogP contribution in [0.5, 0.6) is 0 Å². The van der Waals surface area contributed by atoms with E-state index in [9.17, 15) is 4.39 Å². The third kappa shape index (κ3) is 2.69. The molecule has 3 aromatic rings. The summed E-state index contributed by atoms with van der Waals surface area (Å²) in [5.41, 5.74) is 7.36. The second kappa shape index (κ2) is 4.90. The molecule has 2 aromatic carbocycles. The fourth-order valence-corrected chi connectivity index (χ4v) is 2.60. The fourth-order valence-electron chi connectivity index (χ4n) is 1.81. The van der Waals surface area contributed by atoms with Crippen LogP contribution in [0.1, 0.15) is 0 Å². The Kier molecular flexibility index (Phi) is 3.09. The average Bonchev–Trinajstić information content (AvgIpc) is 2.42. The first-order valence-electron chi connectivity index (χ1n) is 5.80. The van der Waals surface area contributed by atoms with Crippen LogP contribution < -0.4 is 5.73 Å². The third-order valence-electron chi connectivity index (χ3n) is 2.72. The molecular formula is C15H11FN2S. The molecule has 94 valence electrons. The normalized spacial score (nSPS) is 10.8. The van der Waals surface area contributed by atoms with Crippen LogP contribution in [0.25, 0.3) is 10.9 Å². The van der Waals surface area contributed by atoms with Crippen molar-refractivity contribution < 1.29 is 4.39 Å². The Balaban J connectivity index is 1.93. The van der Waals surface area contributed by atoms with Crippen LogP contribution in [-0.2, 0) is 0 Å². The van der Waals surface area contributed by atoms with Gasteiger partial charge >= 0.3 is 0 Å². The van der Waals surface area contributed by atoms with E-state index in [1.165, 1.54) is 23.9 Å². The minimum atomic E-state index is -0.230.